The largest absolute Gasteiger partial charge is 0.324 e. The fourth-order valence-corrected chi connectivity index (χ4v) is 2.94. The van der Waals surface area contributed by atoms with E-state index < -0.39 is 11.6 Å². The van der Waals surface area contributed by atoms with E-state index in [1.807, 2.05) is 0 Å². The van der Waals surface area contributed by atoms with Gasteiger partial charge in [0, 0.05) is 6.54 Å². The average Bonchev–Trinajstić information content (AvgIpc) is 2.81. The highest BCUT2D eigenvalue weighted by Gasteiger charge is 2.46. The molecule has 1 aromatic heterocycles. The van der Waals surface area contributed by atoms with Crippen molar-refractivity contribution in [1.29, 1.82) is 0 Å². The lowest BCUT2D eigenvalue weighted by molar-refractivity contribution is 0.481. The molecule has 0 spiro atoms. The van der Waals surface area contributed by atoms with E-state index in [1.54, 1.807) is 11.5 Å². The minimum absolute atomic E-state index is 0.232. The van der Waals surface area contributed by atoms with Crippen LogP contribution in [0.15, 0.2) is 12.1 Å². The Morgan fingerprint density at radius 3 is 2.65 bits per heavy atom. The molecule has 1 saturated carbocycles. The van der Waals surface area contributed by atoms with Gasteiger partial charge in [-0.15, -0.1) is 11.6 Å². The van der Waals surface area contributed by atoms with Gasteiger partial charge in [-0.25, -0.2) is 13.8 Å². The van der Waals surface area contributed by atoms with Gasteiger partial charge in [-0.2, -0.15) is 0 Å². The molecule has 5 heteroatoms. The lowest BCUT2D eigenvalue weighted by Crippen LogP contribution is -2.09. The van der Waals surface area contributed by atoms with Gasteiger partial charge in [-0.1, -0.05) is 13.8 Å². The van der Waals surface area contributed by atoms with Crippen LogP contribution in [0.25, 0.3) is 11.0 Å². The molecule has 1 heterocycles. The maximum Gasteiger partial charge on any atom is 0.184 e. The van der Waals surface area contributed by atoms with Crippen molar-refractivity contribution in [1.82, 2.24) is 9.55 Å². The van der Waals surface area contributed by atoms with Crippen molar-refractivity contribution < 1.29 is 8.78 Å². The molecular weight excluding hydrogens is 282 g/mol. The molecule has 2 aromatic rings. The fourth-order valence-electron chi connectivity index (χ4n) is 2.77. The first-order chi connectivity index (χ1) is 9.31. The number of halogens is 3. The number of rotatable bonds is 3. The van der Waals surface area contributed by atoms with Crippen molar-refractivity contribution >= 4 is 22.6 Å². The topological polar surface area (TPSA) is 17.8 Å². The molecule has 0 amide bonds. The maximum absolute atomic E-state index is 14.1. The summed E-state index contributed by atoms with van der Waals surface area (Å²) in [4.78, 5) is 4.37. The summed E-state index contributed by atoms with van der Waals surface area (Å²) in [5.74, 6) is -0.620. The smallest absolute Gasteiger partial charge is 0.184 e. The number of nitrogens with zero attached hydrogens (tertiary/aromatic N) is 2. The van der Waals surface area contributed by atoms with E-state index in [-0.39, 0.29) is 16.3 Å². The number of hydrogen-bond acceptors (Lipinski definition) is 1. The van der Waals surface area contributed by atoms with Gasteiger partial charge in [0.2, 0.25) is 0 Å². The number of alkyl halides is 1. The van der Waals surface area contributed by atoms with Crippen molar-refractivity contribution in [3.63, 3.8) is 0 Å². The summed E-state index contributed by atoms with van der Waals surface area (Å²) >= 11 is 6.15. The van der Waals surface area contributed by atoms with Gasteiger partial charge in [0.1, 0.15) is 11.3 Å². The Kier molecular flexibility index (Phi) is 3.05. The summed E-state index contributed by atoms with van der Waals surface area (Å²) in [5.41, 5.74) is 0.952. The zero-order chi connectivity index (χ0) is 14.7. The monoisotopic (exact) mass is 298 g/mol. The number of fused-ring (bicyclic) bond motifs is 1. The molecule has 20 heavy (non-hydrogen) atoms. The molecule has 2 atom stereocenters. The lowest BCUT2D eigenvalue weighted by Gasteiger charge is -2.12. The Bertz CT molecular complexity index is 676. The third kappa shape index (κ3) is 2.10. The molecule has 0 aliphatic heterocycles. The third-order valence-corrected chi connectivity index (χ3v) is 4.50. The van der Waals surface area contributed by atoms with Gasteiger partial charge in [0.15, 0.2) is 11.6 Å². The third-order valence-electron chi connectivity index (χ3n) is 4.31. The summed E-state index contributed by atoms with van der Waals surface area (Å²) in [7, 11) is 0. The zero-order valence-corrected chi connectivity index (χ0v) is 12.5. The molecule has 3 rings (SSSR count). The SMILES string of the molecule is CC(Cl)c1nc2ccc(F)c(F)c2n1CC1CC1(C)C. The highest BCUT2D eigenvalue weighted by molar-refractivity contribution is 6.20. The Morgan fingerprint density at radius 2 is 2.10 bits per heavy atom. The van der Waals surface area contributed by atoms with Crippen LogP contribution in [-0.4, -0.2) is 9.55 Å². The minimum Gasteiger partial charge on any atom is -0.324 e. The predicted octanol–water partition coefficient (Wildman–Crippen LogP) is 4.66. The van der Waals surface area contributed by atoms with Crippen LogP contribution in [0.3, 0.4) is 0 Å². The van der Waals surface area contributed by atoms with Crippen molar-refractivity contribution in [2.24, 2.45) is 11.3 Å². The van der Waals surface area contributed by atoms with Crippen molar-refractivity contribution in [3.8, 4) is 0 Å². The Balaban J connectivity index is 2.15. The van der Waals surface area contributed by atoms with E-state index in [1.165, 1.54) is 6.07 Å². The molecule has 2 unspecified atom stereocenters. The maximum atomic E-state index is 14.1. The first kappa shape index (κ1) is 13.8. The molecule has 0 bridgehead atoms. The van der Waals surface area contributed by atoms with E-state index in [9.17, 15) is 8.78 Å². The molecule has 1 aliphatic carbocycles. The quantitative estimate of drug-likeness (QED) is 0.754. The summed E-state index contributed by atoms with van der Waals surface area (Å²) < 4.78 is 29.4. The van der Waals surface area contributed by atoms with Crippen LogP contribution in [0.2, 0.25) is 0 Å². The molecule has 0 radical (unpaired) electrons. The number of hydrogen-bond donors (Lipinski definition) is 0. The second kappa shape index (κ2) is 4.42. The average molecular weight is 299 g/mol. The number of imidazole rings is 1. The molecule has 0 N–H and O–H groups in total. The van der Waals surface area contributed by atoms with Crippen LogP contribution in [0.4, 0.5) is 8.78 Å². The normalized spacial score (nSPS) is 22.2. The Labute approximate surface area is 121 Å². The Hall–Kier alpha value is -1.16. The molecule has 2 nitrogen and oxygen atoms in total. The van der Waals surface area contributed by atoms with Crippen LogP contribution in [-0.2, 0) is 6.54 Å². The first-order valence-electron chi connectivity index (χ1n) is 6.79. The van der Waals surface area contributed by atoms with E-state index >= 15 is 0 Å². The van der Waals surface area contributed by atoms with Gasteiger partial charge in [0.05, 0.1) is 10.9 Å². The highest BCUT2D eigenvalue weighted by Crippen LogP contribution is 2.53. The number of aromatic nitrogens is 2. The van der Waals surface area contributed by atoms with Gasteiger partial charge in [-0.05, 0) is 36.8 Å². The van der Waals surface area contributed by atoms with Crippen LogP contribution in [0.1, 0.15) is 38.4 Å². The second-order valence-corrected chi connectivity index (χ2v) is 6.97. The summed E-state index contributed by atoms with van der Waals surface area (Å²) in [6.07, 6.45) is 1.08. The highest BCUT2D eigenvalue weighted by atomic mass is 35.5. The summed E-state index contributed by atoms with van der Waals surface area (Å²) in [6.45, 7) is 6.79. The fraction of sp³-hybridized carbons (Fsp3) is 0.533. The van der Waals surface area contributed by atoms with Crippen LogP contribution in [0, 0.1) is 23.0 Å². The predicted molar refractivity (Wildman–Crippen MR) is 75.8 cm³/mol. The van der Waals surface area contributed by atoms with E-state index in [2.05, 4.69) is 18.8 Å². The van der Waals surface area contributed by atoms with Gasteiger partial charge in [0.25, 0.3) is 0 Å². The molecule has 0 saturated heterocycles. The van der Waals surface area contributed by atoms with Crippen molar-refractivity contribution in [2.75, 3.05) is 0 Å². The van der Waals surface area contributed by atoms with E-state index in [0.29, 0.717) is 23.8 Å². The van der Waals surface area contributed by atoms with Gasteiger partial charge >= 0.3 is 0 Å². The van der Waals surface area contributed by atoms with Crippen LogP contribution in [0.5, 0.6) is 0 Å². The van der Waals surface area contributed by atoms with Gasteiger partial charge in [-0.3, -0.25) is 0 Å². The number of benzene rings is 1. The first-order valence-corrected chi connectivity index (χ1v) is 7.23. The molecule has 1 aromatic carbocycles. The summed E-state index contributed by atoms with van der Waals surface area (Å²) in [5, 5.41) is -0.341. The molecular formula is C15H17ClF2N2. The van der Waals surface area contributed by atoms with Crippen molar-refractivity contribution in [3.05, 3.63) is 29.6 Å². The van der Waals surface area contributed by atoms with Crippen LogP contribution >= 0.6 is 11.6 Å². The summed E-state index contributed by atoms with van der Waals surface area (Å²) in [6, 6.07) is 2.61. The molecule has 108 valence electrons. The zero-order valence-electron chi connectivity index (χ0n) is 11.8. The lowest BCUT2D eigenvalue weighted by atomic mass is 10.1. The van der Waals surface area contributed by atoms with Crippen molar-refractivity contribution in [2.45, 2.75) is 39.1 Å². The molecule has 1 aliphatic rings. The van der Waals surface area contributed by atoms with Crippen LogP contribution < -0.4 is 0 Å². The standard InChI is InChI=1S/C15H17ClF2N2/c1-8(16)14-19-11-5-4-10(17)12(18)13(11)20(14)7-9-6-15(9,2)3/h4-5,8-9H,6-7H2,1-3H3. The molecule has 1 fully saturated rings. The second-order valence-electron chi connectivity index (χ2n) is 6.32. The van der Waals surface area contributed by atoms with Gasteiger partial charge < -0.3 is 4.57 Å². The van der Waals surface area contributed by atoms with E-state index in [4.69, 9.17) is 11.6 Å². The minimum atomic E-state index is -0.845. The van der Waals surface area contributed by atoms with E-state index in [0.717, 1.165) is 12.5 Å². The Morgan fingerprint density at radius 1 is 1.45 bits per heavy atom.